The van der Waals surface area contributed by atoms with E-state index in [0.29, 0.717) is 13.0 Å². The van der Waals surface area contributed by atoms with Crippen LogP contribution in [0.5, 0.6) is 0 Å². The third kappa shape index (κ3) is 54.1. The molecule has 380 valence electrons. The van der Waals surface area contributed by atoms with Gasteiger partial charge in [-0.3, -0.25) is 9.59 Å². The molecule has 0 saturated heterocycles. The highest BCUT2D eigenvalue weighted by Gasteiger charge is 2.17. The molecule has 0 radical (unpaired) electrons. The molecular weight excluding hydrogens is 837 g/mol. The van der Waals surface area contributed by atoms with Crippen molar-refractivity contribution in [2.45, 2.75) is 207 Å². The molecule has 68 heavy (non-hydrogen) atoms. The van der Waals surface area contributed by atoms with Crippen molar-refractivity contribution in [3.8, 4) is 0 Å². The number of carbonyl (C=O) groups excluding carboxylic acids is 2. The highest BCUT2D eigenvalue weighted by molar-refractivity contribution is 5.71. The SMILES string of the molecule is CC/C=C\C/C=C\C/C=C\C/C=C\C/C=C\CC(=O)OC(COCCCCCCC/C=C\C/C=C\C/C=C\C/C=C\CC)COC(=O)CCCCCCCC/C=C\C/C=C\C/C=C\C/C=C\CC. The normalized spacial score (nSPS) is 13.5. The molecular formula is C63H98O5. The molecule has 0 heterocycles. The maximum absolute atomic E-state index is 12.8. The van der Waals surface area contributed by atoms with E-state index in [1.165, 1.54) is 38.5 Å². The fourth-order valence-electron chi connectivity index (χ4n) is 6.68. The fourth-order valence-corrected chi connectivity index (χ4v) is 6.68. The van der Waals surface area contributed by atoms with Crippen molar-refractivity contribution >= 4 is 11.9 Å². The zero-order chi connectivity index (χ0) is 49.2. The number of carbonyl (C=O) groups is 2. The second kappa shape index (κ2) is 56.8. The number of hydrogen-bond acceptors (Lipinski definition) is 5. The maximum Gasteiger partial charge on any atom is 0.310 e. The number of hydrogen-bond donors (Lipinski definition) is 0. The van der Waals surface area contributed by atoms with Gasteiger partial charge in [0.15, 0.2) is 6.10 Å². The number of esters is 2. The molecule has 0 rings (SSSR count). The van der Waals surface area contributed by atoms with Crippen molar-refractivity contribution in [2.24, 2.45) is 0 Å². The first kappa shape index (κ1) is 63.5. The average molecular weight is 935 g/mol. The molecule has 0 aliphatic carbocycles. The van der Waals surface area contributed by atoms with Gasteiger partial charge in [-0.25, -0.2) is 0 Å². The Labute approximate surface area is 418 Å². The minimum absolute atomic E-state index is 0.0187. The predicted octanol–water partition coefficient (Wildman–Crippen LogP) is 18.7. The van der Waals surface area contributed by atoms with Crippen molar-refractivity contribution in [1.82, 2.24) is 0 Å². The number of allylic oxidation sites excluding steroid dienone is 25. The number of unbranched alkanes of at least 4 members (excludes halogenated alkanes) is 11. The van der Waals surface area contributed by atoms with Crippen LogP contribution in [0.3, 0.4) is 0 Å². The summed E-state index contributed by atoms with van der Waals surface area (Å²) in [4.78, 5) is 25.4. The number of ether oxygens (including phenoxy) is 3. The Hall–Kier alpha value is -4.48. The highest BCUT2D eigenvalue weighted by Crippen LogP contribution is 2.11. The van der Waals surface area contributed by atoms with Crippen molar-refractivity contribution in [3.05, 3.63) is 158 Å². The summed E-state index contributed by atoms with van der Waals surface area (Å²) in [6.07, 6.45) is 84.2. The molecule has 0 bridgehead atoms. The molecule has 0 aromatic heterocycles. The highest BCUT2D eigenvalue weighted by atomic mass is 16.6. The molecule has 1 unspecified atom stereocenters. The second-order valence-electron chi connectivity index (χ2n) is 17.0. The van der Waals surface area contributed by atoms with Gasteiger partial charge in [-0.1, -0.05) is 224 Å². The summed E-state index contributed by atoms with van der Waals surface area (Å²) in [5.74, 6) is -0.584. The lowest BCUT2D eigenvalue weighted by atomic mass is 10.1. The average Bonchev–Trinajstić information content (AvgIpc) is 3.34. The Kier molecular flexibility index (Phi) is 53.1. The van der Waals surface area contributed by atoms with Crippen LogP contribution in [0, 0.1) is 0 Å². The standard InChI is InChI=1S/C63H98O5/c1-4-7-10-13-16-19-22-25-28-30-32-33-36-38-41-44-47-50-53-56-62(64)67-60-61(68-63(65)57-54-51-48-45-42-39-35-27-24-21-18-15-12-9-6-3)59-66-58-55-52-49-46-43-40-37-34-31-29-26-23-20-17-14-11-8-5-2/h7-12,16-21,25-29,32-35,37,42,45,51,54,61H,4-6,13-15,22-24,30-31,36,38-41,43-44,46-50,52-53,55-60H2,1-3H3/b10-7-,11-8-,12-9-,19-16-,20-17-,21-18-,28-25-,29-26-,33-32-,35-27-,37-34-,45-42-,54-51-. The van der Waals surface area contributed by atoms with Gasteiger partial charge in [-0.05, 0) is 122 Å². The summed E-state index contributed by atoms with van der Waals surface area (Å²) in [6.45, 7) is 7.30. The maximum atomic E-state index is 12.8. The molecule has 0 amide bonds. The van der Waals surface area contributed by atoms with Gasteiger partial charge in [0, 0.05) is 13.0 Å². The van der Waals surface area contributed by atoms with Gasteiger partial charge in [0.05, 0.1) is 13.0 Å². The van der Waals surface area contributed by atoms with E-state index in [9.17, 15) is 9.59 Å². The van der Waals surface area contributed by atoms with Gasteiger partial charge in [-0.15, -0.1) is 0 Å². The Balaban J connectivity index is 4.48. The predicted molar refractivity (Wildman–Crippen MR) is 297 cm³/mol. The fraction of sp³-hybridized carbons (Fsp3) is 0.556. The first-order valence-corrected chi connectivity index (χ1v) is 27.0. The molecule has 0 spiro atoms. The summed E-state index contributed by atoms with van der Waals surface area (Å²) in [7, 11) is 0. The van der Waals surface area contributed by atoms with E-state index in [1.807, 2.05) is 12.2 Å². The molecule has 0 aliphatic heterocycles. The van der Waals surface area contributed by atoms with Crippen LogP contribution in [0.4, 0.5) is 0 Å². The molecule has 0 aromatic rings. The summed E-state index contributed by atoms with van der Waals surface area (Å²) < 4.78 is 17.3. The van der Waals surface area contributed by atoms with E-state index >= 15 is 0 Å². The lowest BCUT2D eigenvalue weighted by molar-refractivity contribution is -0.162. The monoisotopic (exact) mass is 935 g/mol. The molecule has 0 N–H and O–H groups in total. The first-order valence-electron chi connectivity index (χ1n) is 27.0. The van der Waals surface area contributed by atoms with Gasteiger partial charge in [0.1, 0.15) is 6.61 Å². The molecule has 5 nitrogen and oxygen atoms in total. The largest absolute Gasteiger partial charge is 0.462 e. The lowest BCUT2D eigenvalue weighted by Crippen LogP contribution is -2.29. The van der Waals surface area contributed by atoms with E-state index < -0.39 is 6.10 Å². The van der Waals surface area contributed by atoms with Crippen LogP contribution < -0.4 is 0 Å². The van der Waals surface area contributed by atoms with E-state index in [0.717, 1.165) is 128 Å². The Morgan fingerprint density at radius 2 is 0.662 bits per heavy atom. The minimum atomic E-state index is -0.620. The zero-order valence-corrected chi connectivity index (χ0v) is 43.6. The Morgan fingerprint density at radius 3 is 1.06 bits per heavy atom. The van der Waals surface area contributed by atoms with Gasteiger partial charge in [0.2, 0.25) is 0 Å². The van der Waals surface area contributed by atoms with Gasteiger partial charge in [0.25, 0.3) is 0 Å². The molecule has 1 atom stereocenters. The van der Waals surface area contributed by atoms with Crippen molar-refractivity contribution < 1.29 is 23.8 Å². The van der Waals surface area contributed by atoms with E-state index in [1.54, 1.807) is 0 Å². The van der Waals surface area contributed by atoms with E-state index in [2.05, 4.69) is 167 Å². The summed E-state index contributed by atoms with van der Waals surface area (Å²) in [6, 6.07) is 0. The smallest absolute Gasteiger partial charge is 0.310 e. The summed E-state index contributed by atoms with van der Waals surface area (Å²) in [5, 5.41) is 0. The summed E-state index contributed by atoms with van der Waals surface area (Å²) >= 11 is 0. The lowest BCUT2D eigenvalue weighted by Gasteiger charge is -2.18. The van der Waals surface area contributed by atoms with Crippen LogP contribution in [0.15, 0.2) is 158 Å². The van der Waals surface area contributed by atoms with Gasteiger partial charge < -0.3 is 14.2 Å². The van der Waals surface area contributed by atoms with Gasteiger partial charge in [-0.2, -0.15) is 0 Å². The summed E-state index contributed by atoms with van der Waals surface area (Å²) in [5.41, 5.74) is 0. The van der Waals surface area contributed by atoms with Crippen LogP contribution >= 0.6 is 0 Å². The molecule has 5 heteroatoms. The number of rotatable bonds is 47. The third-order valence-electron chi connectivity index (χ3n) is 10.6. The van der Waals surface area contributed by atoms with E-state index in [4.69, 9.17) is 14.2 Å². The van der Waals surface area contributed by atoms with Crippen LogP contribution in [0.2, 0.25) is 0 Å². The van der Waals surface area contributed by atoms with Crippen molar-refractivity contribution in [1.29, 1.82) is 0 Å². The van der Waals surface area contributed by atoms with E-state index in [-0.39, 0.29) is 31.6 Å². The molecule has 0 saturated carbocycles. The van der Waals surface area contributed by atoms with Crippen LogP contribution in [0.1, 0.15) is 201 Å². The molecule has 0 fully saturated rings. The van der Waals surface area contributed by atoms with Crippen LogP contribution in [-0.4, -0.2) is 37.9 Å². The molecule has 0 aliphatic rings. The van der Waals surface area contributed by atoms with Crippen molar-refractivity contribution in [3.63, 3.8) is 0 Å². The zero-order valence-electron chi connectivity index (χ0n) is 43.6. The van der Waals surface area contributed by atoms with Crippen LogP contribution in [0.25, 0.3) is 0 Å². The molecule has 0 aromatic carbocycles. The second-order valence-corrected chi connectivity index (χ2v) is 17.0. The van der Waals surface area contributed by atoms with Gasteiger partial charge >= 0.3 is 11.9 Å². The first-order chi connectivity index (χ1) is 33.6. The minimum Gasteiger partial charge on any atom is -0.462 e. The topological polar surface area (TPSA) is 61.8 Å². The van der Waals surface area contributed by atoms with Crippen molar-refractivity contribution in [2.75, 3.05) is 19.8 Å². The van der Waals surface area contributed by atoms with Crippen LogP contribution in [-0.2, 0) is 23.8 Å². The Bertz CT molecular complexity index is 1520. The Morgan fingerprint density at radius 1 is 0.338 bits per heavy atom. The quantitative estimate of drug-likeness (QED) is 0.0346. The third-order valence-corrected chi connectivity index (χ3v) is 10.6.